The highest BCUT2D eigenvalue weighted by Crippen LogP contribution is 2.44. The van der Waals surface area contributed by atoms with Crippen LogP contribution in [0, 0.1) is 5.41 Å². The summed E-state index contributed by atoms with van der Waals surface area (Å²) in [5, 5.41) is 6.19. The lowest BCUT2D eigenvalue weighted by atomic mass is 10.1. The molecule has 1 saturated carbocycles. The van der Waals surface area contributed by atoms with E-state index >= 15 is 0 Å². The van der Waals surface area contributed by atoms with E-state index in [4.69, 9.17) is 14.2 Å². The number of aromatic nitrogens is 2. The lowest BCUT2D eigenvalue weighted by molar-refractivity contribution is -0.126. The van der Waals surface area contributed by atoms with Crippen LogP contribution >= 0.6 is 0 Å². The molecule has 0 atom stereocenters. The van der Waals surface area contributed by atoms with E-state index in [9.17, 15) is 14.4 Å². The minimum absolute atomic E-state index is 0.0315. The van der Waals surface area contributed by atoms with Gasteiger partial charge >= 0.3 is 0 Å². The maximum Gasteiger partial charge on any atom is 0.255 e. The van der Waals surface area contributed by atoms with Crippen LogP contribution in [0.5, 0.6) is 17.4 Å². The van der Waals surface area contributed by atoms with E-state index in [0.717, 1.165) is 0 Å². The van der Waals surface area contributed by atoms with Crippen LogP contribution in [-0.4, -0.2) is 54.4 Å². The van der Waals surface area contributed by atoms with E-state index in [-0.39, 0.29) is 23.7 Å². The zero-order valence-electron chi connectivity index (χ0n) is 18.4. The summed E-state index contributed by atoms with van der Waals surface area (Å²) in [7, 11) is 1.49. The first kappa shape index (κ1) is 21.8. The van der Waals surface area contributed by atoms with Crippen molar-refractivity contribution in [2.75, 3.05) is 25.6 Å². The number of benzene rings is 2. The van der Waals surface area contributed by atoms with E-state index in [1.54, 1.807) is 36.4 Å². The molecule has 10 nitrogen and oxygen atoms in total. The van der Waals surface area contributed by atoms with Crippen LogP contribution < -0.4 is 20.1 Å². The molecular weight excluding hydrogens is 440 g/mol. The molecule has 1 aliphatic carbocycles. The standard InChI is InChI=1S/C24H22N4O6/c1-32-20-9-19-17(8-18(20)21(30)27-15-10-33-11-15)22(26-13-25-19)34-16-4-2-14(3-5-16)28-23(31)24(12-29)6-7-24/h2-5,8-9,12-13,15H,6-7,10-11H2,1H3,(H,27,30)(H,28,31). The molecule has 0 spiro atoms. The van der Waals surface area contributed by atoms with Gasteiger partial charge in [-0.05, 0) is 43.2 Å². The van der Waals surface area contributed by atoms with Crippen molar-refractivity contribution in [2.45, 2.75) is 18.9 Å². The number of methoxy groups -OCH3 is 1. The summed E-state index contributed by atoms with van der Waals surface area (Å²) in [6.07, 6.45) is 3.22. The molecular formula is C24H22N4O6. The van der Waals surface area contributed by atoms with E-state index < -0.39 is 5.41 Å². The van der Waals surface area contributed by atoms with Crippen molar-refractivity contribution < 1.29 is 28.6 Å². The summed E-state index contributed by atoms with van der Waals surface area (Å²) in [6, 6.07) is 9.99. The maximum absolute atomic E-state index is 12.8. The Kier molecular flexibility index (Phi) is 5.58. The summed E-state index contributed by atoms with van der Waals surface area (Å²) in [4.78, 5) is 44.6. The first-order chi connectivity index (χ1) is 16.5. The lowest BCUT2D eigenvalue weighted by Gasteiger charge is -2.27. The van der Waals surface area contributed by atoms with Crippen molar-refractivity contribution in [3.05, 3.63) is 48.3 Å². The van der Waals surface area contributed by atoms with Crippen LogP contribution in [0.3, 0.4) is 0 Å². The van der Waals surface area contributed by atoms with Gasteiger partial charge in [0.15, 0.2) is 0 Å². The Bertz CT molecular complexity index is 1270. The lowest BCUT2D eigenvalue weighted by Crippen LogP contribution is -2.48. The largest absolute Gasteiger partial charge is 0.496 e. The fraction of sp³-hybridized carbons (Fsp3) is 0.292. The van der Waals surface area contributed by atoms with Crippen molar-refractivity contribution in [3.8, 4) is 17.4 Å². The number of rotatable bonds is 8. The van der Waals surface area contributed by atoms with E-state index in [2.05, 4.69) is 20.6 Å². The SMILES string of the molecule is COc1cc2ncnc(Oc3ccc(NC(=O)C4(C=O)CC4)cc3)c2cc1C(=O)NC1COC1. The molecule has 0 bridgehead atoms. The number of aldehydes is 1. The molecule has 1 aromatic heterocycles. The number of nitrogens with one attached hydrogen (secondary N) is 2. The molecule has 2 aliphatic rings. The maximum atomic E-state index is 12.8. The number of nitrogens with zero attached hydrogens (tertiary/aromatic N) is 2. The Morgan fingerprint density at radius 2 is 1.91 bits per heavy atom. The van der Waals surface area contributed by atoms with Gasteiger partial charge in [-0.3, -0.25) is 9.59 Å². The van der Waals surface area contributed by atoms with Gasteiger partial charge in [-0.1, -0.05) is 0 Å². The van der Waals surface area contributed by atoms with Crippen molar-refractivity contribution in [3.63, 3.8) is 0 Å². The normalized spacial score (nSPS) is 16.3. The Hall–Kier alpha value is -4.05. The van der Waals surface area contributed by atoms with Gasteiger partial charge in [0.2, 0.25) is 11.8 Å². The zero-order valence-corrected chi connectivity index (χ0v) is 18.4. The second-order valence-corrected chi connectivity index (χ2v) is 8.31. The zero-order chi connectivity index (χ0) is 23.7. The first-order valence-corrected chi connectivity index (χ1v) is 10.8. The highest BCUT2D eigenvalue weighted by molar-refractivity contribution is 6.07. The Balaban J connectivity index is 1.37. The molecule has 10 heteroatoms. The van der Waals surface area contributed by atoms with Crippen LogP contribution in [0.4, 0.5) is 5.69 Å². The van der Waals surface area contributed by atoms with Gasteiger partial charge in [0.05, 0.1) is 42.8 Å². The van der Waals surface area contributed by atoms with Gasteiger partial charge in [0, 0.05) is 11.8 Å². The average molecular weight is 462 g/mol. The van der Waals surface area contributed by atoms with Gasteiger partial charge in [-0.2, -0.15) is 0 Å². The highest BCUT2D eigenvalue weighted by atomic mass is 16.5. The van der Waals surface area contributed by atoms with Crippen LogP contribution in [-0.2, 0) is 14.3 Å². The first-order valence-electron chi connectivity index (χ1n) is 10.8. The number of hydrogen-bond acceptors (Lipinski definition) is 8. The third-order valence-corrected chi connectivity index (χ3v) is 5.93. The Labute approximate surface area is 194 Å². The van der Waals surface area contributed by atoms with E-state index in [0.29, 0.717) is 66.0 Å². The van der Waals surface area contributed by atoms with Crippen LogP contribution in [0.2, 0.25) is 0 Å². The van der Waals surface area contributed by atoms with Gasteiger partial charge in [-0.25, -0.2) is 9.97 Å². The molecule has 1 saturated heterocycles. The van der Waals surface area contributed by atoms with Crippen molar-refractivity contribution in [1.29, 1.82) is 0 Å². The summed E-state index contributed by atoms with van der Waals surface area (Å²) in [6.45, 7) is 0.956. The van der Waals surface area contributed by atoms with Crippen LogP contribution in [0.15, 0.2) is 42.7 Å². The third kappa shape index (κ3) is 4.15. The summed E-state index contributed by atoms with van der Waals surface area (Å²) < 4.78 is 16.5. The number of hydrogen-bond donors (Lipinski definition) is 2. The Morgan fingerprint density at radius 1 is 1.15 bits per heavy atom. The summed E-state index contributed by atoms with van der Waals surface area (Å²) >= 11 is 0. The molecule has 2 heterocycles. The molecule has 3 aromatic rings. The molecule has 5 rings (SSSR count). The fourth-order valence-electron chi connectivity index (χ4n) is 3.58. The predicted octanol–water partition coefficient (Wildman–Crippen LogP) is 2.48. The summed E-state index contributed by atoms with van der Waals surface area (Å²) in [5.41, 5.74) is 0.564. The van der Waals surface area contributed by atoms with Crippen LogP contribution in [0.1, 0.15) is 23.2 Å². The number of ether oxygens (including phenoxy) is 3. The fourth-order valence-corrected chi connectivity index (χ4v) is 3.58. The van der Waals surface area contributed by atoms with E-state index in [1.807, 2.05) is 0 Å². The van der Waals surface area contributed by atoms with Gasteiger partial charge in [-0.15, -0.1) is 0 Å². The van der Waals surface area contributed by atoms with Crippen molar-refractivity contribution in [2.24, 2.45) is 5.41 Å². The summed E-state index contributed by atoms with van der Waals surface area (Å²) in [5.74, 6) is 0.543. The molecule has 0 radical (unpaired) electrons. The van der Waals surface area contributed by atoms with Gasteiger partial charge < -0.3 is 29.6 Å². The predicted molar refractivity (Wildman–Crippen MR) is 121 cm³/mol. The van der Waals surface area contributed by atoms with Gasteiger partial charge in [0.1, 0.15) is 29.5 Å². The molecule has 34 heavy (non-hydrogen) atoms. The topological polar surface area (TPSA) is 129 Å². The monoisotopic (exact) mass is 462 g/mol. The molecule has 2 aromatic carbocycles. The molecule has 174 valence electrons. The quantitative estimate of drug-likeness (QED) is 0.386. The molecule has 1 aliphatic heterocycles. The molecule has 2 amide bonds. The molecule has 2 fully saturated rings. The Morgan fingerprint density at radius 3 is 2.53 bits per heavy atom. The number of carbonyl (C=O) groups excluding carboxylic acids is 3. The average Bonchev–Trinajstić information content (AvgIpc) is 3.63. The second-order valence-electron chi connectivity index (χ2n) is 8.31. The smallest absolute Gasteiger partial charge is 0.255 e. The second kappa shape index (κ2) is 8.71. The number of carbonyl (C=O) groups is 3. The molecule has 2 N–H and O–H groups in total. The minimum Gasteiger partial charge on any atom is -0.496 e. The van der Waals surface area contributed by atoms with Crippen molar-refractivity contribution >= 4 is 34.7 Å². The number of fused-ring (bicyclic) bond motifs is 1. The van der Waals surface area contributed by atoms with Crippen molar-refractivity contribution in [1.82, 2.24) is 15.3 Å². The number of amides is 2. The number of anilines is 1. The van der Waals surface area contributed by atoms with Gasteiger partial charge in [0.25, 0.3) is 5.91 Å². The third-order valence-electron chi connectivity index (χ3n) is 5.93. The highest BCUT2D eigenvalue weighted by Gasteiger charge is 2.50. The molecule has 0 unspecified atom stereocenters. The van der Waals surface area contributed by atoms with Crippen LogP contribution in [0.25, 0.3) is 10.9 Å². The van der Waals surface area contributed by atoms with E-state index in [1.165, 1.54) is 13.4 Å². The minimum atomic E-state index is -0.883.